The first-order valence-electron chi connectivity index (χ1n) is 5.76. The summed E-state index contributed by atoms with van der Waals surface area (Å²) < 4.78 is 0. The van der Waals surface area contributed by atoms with Gasteiger partial charge in [-0.2, -0.15) is 0 Å². The maximum atomic E-state index is 2.31. The Morgan fingerprint density at radius 3 is 2.21 bits per heavy atom. The summed E-state index contributed by atoms with van der Waals surface area (Å²) in [5.74, 6) is 1.68. The molecule has 0 aliphatic rings. The summed E-state index contributed by atoms with van der Waals surface area (Å²) >= 11 is 0. The molecule has 0 bridgehead atoms. The van der Waals surface area contributed by atoms with E-state index in [2.05, 4.69) is 51.1 Å². The molecule has 0 amide bonds. The Hall–Kier alpha value is -0.780. The van der Waals surface area contributed by atoms with Gasteiger partial charge in [-0.3, -0.25) is 0 Å². The van der Waals surface area contributed by atoms with Crippen molar-refractivity contribution in [3.8, 4) is 0 Å². The van der Waals surface area contributed by atoms with Crippen LogP contribution in [0.3, 0.4) is 0 Å². The van der Waals surface area contributed by atoms with E-state index in [1.807, 2.05) is 0 Å². The average Bonchev–Trinajstić information content (AvgIpc) is 2.17. The zero-order chi connectivity index (χ0) is 10.4. The number of rotatable bonds is 5. The van der Waals surface area contributed by atoms with E-state index in [9.17, 15) is 0 Å². The van der Waals surface area contributed by atoms with Crippen LogP contribution < -0.4 is 0 Å². The third kappa shape index (κ3) is 3.95. The minimum atomic E-state index is 0.823. The molecular weight excluding hydrogens is 168 g/mol. The van der Waals surface area contributed by atoms with Crippen molar-refractivity contribution >= 4 is 0 Å². The van der Waals surface area contributed by atoms with Crippen LogP contribution in [0.15, 0.2) is 30.3 Å². The third-order valence-electron chi connectivity index (χ3n) is 2.75. The van der Waals surface area contributed by atoms with Gasteiger partial charge in [0.1, 0.15) is 0 Å². The van der Waals surface area contributed by atoms with Crippen LogP contribution >= 0.6 is 0 Å². The Morgan fingerprint density at radius 1 is 1.07 bits per heavy atom. The van der Waals surface area contributed by atoms with E-state index in [-0.39, 0.29) is 0 Å². The number of benzene rings is 1. The highest BCUT2D eigenvalue weighted by atomic mass is 14.1. The minimum Gasteiger partial charge on any atom is -0.0651 e. The molecule has 0 saturated heterocycles. The van der Waals surface area contributed by atoms with E-state index in [1.165, 1.54) is 24.8 Å². The third-order valence-corrected chi connectivity index (χ3v) is 2.75. The van der Waals surface area contributed by atoms with Gasteiger partial charge in [-0.05, 0) is 30.2 Å². The van der Waals surface area contributed by atoms with Crippen molar-refractivity contribution in [2.24, 2.45) is 11.8 Å². The van der Waals surface area contributed by atoms with Crippen LogP contribution in [0, 0.1) is 11.8 Å². The van der Waals surface area contributed by atoms with E-state index in [4.69, 9.17) is 0 Å². The standard InChI is InChI=1S/C14H22/c1-4-13(10-12(2)3)11-14-8-6-5-7-9-14/h5-9,12-13H,4,10-11H2,1-3H3. The van der Waals surface area contributed by atoms with E-state index in [1.54, 1.807) is 0 Å². The van der Waals surface area contributed by atoms with Gasteiger partial charge >= 0.3 is 0 Å². The summed E-state index contributed by atoms with van der Waals surface area (Å²) in [5, 5.41) is 0. The van der Waals surface area contributed by atoms with Crippen molar-refractivity contribution < 1.29 is 0 Å². The highest BCUT2D eigenvalue weighted by Crippen LogP contribution is 2.19. The zero-order valence-electron chi connectivity index (χ0n) is 9.66. The molecule has 0 saturated carbocycles. The van der Waals surface area contributed by atoms with Crippen LogP contribution in [0.1, 0.15) is 39.2 Å². The van der Waals surface area contributed by atoms with Crippen LogP contribution in [-0.4, -0.2) is 0 Å². The molecule has 0 nitrogen and oxygen atoms in total. The predicted octanol–water partition coefficient (Wildman–Crippen LogP) is 4.30. The topological polar surface area (TPSA) is 0 Å². The molecule has 1 unspecified atom stereocenters. The molecule has 78 valence electrons. The lowest BCUT2D eigenvalue weighted by atomic mass is 9.89. The van der Waals surface area contributed by atoms with Gasteiger partial charge in [-0.25, -0.2) is 0 Å². The molecule has 0 radical (unpaired) electrons. The summed E-state index contributed by atoms with van der Waals surface area (Å²) in [5.41, 5.74) is 1.49. The van der Waals surface area contributed by atoms with Crippen molar-refractivity contribution in [1.82, 2.24) is 0 Å². The lowest BCUT2D eigenvalue weighted by Gasteiger charge is -2.16. The summed E-state index contributed by atoms with van der Waals surface area (Å²) in [6, 6.07) is 10.8. The first-order chi connectivity index (χ1) is 6.72. The molecule has 0 N–H and O–H groups in total. The summed E-state index contributed by atoms with van der Waals surface area (Å²) in [6.07, 6.45) is 3.90. The number of hydrogen-bond donors (Lipinski definition) is 0. The van der Waals surface area contributed by atoms with Gasteiger partial charge in [0.15, 0.2) is 0 Å². The molecular formula is C14H22. The molecule has 0 spiro atoms. The van der Waals surface area contributed by atoms with Crippen molar-refractivity contribution in [3.63, 3.8) is 0 Å². The van der Waals surface area contributed by atoms with Crippen molar-refractivity contribution in [2.45, 2.75) is 40.0 Å². The van der Waals surface area contributed by atoms with Gasteiger partial charge in [-0.15, -0.1) is 0 Å². The molecule has 0 aliphatic heterocycles. The maximum absolute atomic E-state index is 2.31. The summed E-state index contributed by atoms with van der Waals surface area (Å²) in [6.45, 7) is 6.93. The quantitative estimate of drug-likeness (QED) is 0.649. The molecule has 0 aliphatic carbocycles. The van der Waals surface area contributed by atoms with Crippen LogP contribution in [-0.2, 0) is 6.42 Å². The second-order valence-electron chi connectivity index (χ2n) is 4.59. The van der Waals surface area contributed by atoms with Gasteiger partial charge in [0.05, 0.1) is 0 Å². The molecule has 1 atom stereocenters. The normalized spacial score (nSPS) is 13.1. The monoisotopic (exact) mass is 190 g/mol. The Morgan fingerprint density at radius 2 is 1.71 bits per heavy atom. The minimum absolute atomic E-state index is 0.823. The van der Waals surface area contributed by atoms with Gasteiger partial charge < -0.3 is 0 Å². The van der Waals surface area contributed by atoms with E-state index < -0.39 is 0 Å². The smallest absolute Gasteiger partial charge is 0.0250 e. The Bertz CT molecular complexity index is 235. The molecule has 1 rings (SSSR count). The van der Waals surface area contributed by atoms with Crippen LogP contribution in [0.2, 0.25) is 0 Å². The highest BCUT2D eigenvalue weighted by Gasteiger charge is 2.09. The van der Waals surface area contributed by atoms with Crippen molar-refractivity contribution in [3.05, 3.63) is 35.9 Å². The Labute approximate surface area is 88.4 Å². The molecule has 0 fully saturated rings. The van der Waals surface area contributed by atoms with Gasteiger partial charge in [-0.1, -0.05) is 57.5 Å². The Kier molecular flexibility index (Phi) is 4.72. The largest absolute Gasteiger partial charge is 0.0651 e. The second kappa shape index (κ2) is 5.85. The number of hydrogen-bond acceptors (Lipinski definition) is 0. The fourth-order valence-corrected chi connectivity index (χ4v) is 2.01. The lowest BCUT2D eigenvalue weighted by Crippen LogP contribution is -2.06. The second-order valence-corrected chi connectivity index (χ2v) is 4.59. The molecule has 1 aromatic carbocycles. The fourth-order valence-electron chi connectivity index (χ4n) is 2.01. The van der Waals surface area contributed by atoms with Crippen LogP contribution in [0.5, 0.6) is 0 Å². The molecule has 0 heterocycles. The first-order valence-corrected chi connectivity index (χ1v) is 5.76. The predicted molar refractivity (Wildman–Crippen MR) is 63.4 cm³/mol. The van der Waals surface area contributed by atoms with E-state index >= 15 is 0 Å². The van der Waals surface area contributed by atoms with Crippen molar-refractivity contribution in [2.75, 3.05) is 0 Å². The van der Waals surface area contributed by atoms with Gasteiger partial charge in [0.25, 0.3) is 0 Å². The first kappa shape index (κ1) is 11.3. The molecule has 14 heavy (non-hydrogen) atoms. The van der Waals surface area contributed by atoms with Crippen molar-refractivity contribution in [1.29, 1.82) is 0 Å². The maximum Gasteiger partial charge on any atom is -0.0250 e. The van der Waals surface area contributed by atoms with Gasteiger partial charge in [0.2, 0.25) is 0 Å². The Balaban J connectivity index is 2.48. The summed E-state index contributed by atoms with van der Waals surface area (Å²) in [4.78, 5) is 0. The lowest BCUT2D eigenvalue weighted by molar-refractivity contribution is 0.396. The average molecular weight is 190 g/mol. The van der Waals surface area contributed by atoms with Crippen LogP contribution in [0.4, 0.5) is 0 Å². The van der Waals surface area contributed by atoms with E-state index in [0.29, 0.717) is 0 Å². The SMILES string of the molecule is CCC(Cc1ccccc1)CC(C)C. The van der Waals surface area contributed by atoms with E-state index in [0.717, 1.165) is 11.8 Å². The van der Waals surface area contributed by atoms with Gasteiger partial charge in [0, 0.05) is 0 Å². The molecule has 0 aromatic heterocycles. The summed E-state index contributed by atoms with van der Waals surface area (Å²) in [7, 11) is 0. The van der Waals surface area contributed by atoms with Crippen LogP contribution in [0.25, 0.3) is 0 Å². The fraction of sp³-hybridized carbons (Fsp3) is 0.571. The highest BCUT2D eigenvalue weighted by molar-refractivity contribution is 5.15. The molecule has 1 aromatic rings. The zero-order valence-corrected chi connectivity index (χ0v) is 9.66. The molecule has 0 heteroatoms.